The number of carbonyl (C=O) groups excluding carboxylic acids is 4. The third-order valence-corrected chi connectivity index (χ3v) is 9.62. The summed E-state index contributed by atoms with van der Waals surface area (Å²) < 4.78 is 5.21. The minimum absolute atomic E-state index is 0.0606. The Bertz CT molecular complexity index is 889. The Labute approximate surface area is 196 Å². The molecule has 4 aliphatic carbocycles. The lowest BCUT2D eigenvalue weighted by Crippen LogP contribution is -2.61. The highest BCUT2D eigenvalue weighted by Gasteiger charge is 2.68. The molecular formula is C27H38O6. The fourth-order valence-electron chi connectivity index (χ4n) is 7.70. The van der Waals surface area contributed by atoms with Gasteiger partial charge in [-0.3, -0.25) is 19.2 Å². The number of unbranched alkanes of at least 4 members (excludes halogenated alkanes) is 2. The molecule has 6 heteroatoms. The van der Waals surface area contributed by atoms with Crippen LogP contribution in [0.5, 0.6) is 0 Å². The van der Waals surface area contributed by atoms with Crippen LogP contribution in [-0.2, 0) is 23.9 Å². The number of hydrogen-bond donors (Lipinski definition) is 1. The van der Waals surface area contributed by atoms with Crippen LogP contribution in [0.4, 0.5) is 0 Å². The molecular weight excluding hydrogens is 420 g/mol. The molecule has 6 nitrogen and oxygen atoms in total. The lowest BCUT2D eigenvalue weighted by molar-refractivity contribution is -0.173. The Balaban J connectivity index is 1.52. The molecule has 0 amide bonds. The van der Waals surface area contributed by atoms with Crippen molar-refractivity contribution in [2.24, 2.45) is 28.6 Å². The van der Waals surface area contributed by atoms with E-state index in [1.165, 1.54) is 0 Å². The summed E-state index contributed by atoms with van der Waals surface area (Å²) in [5.74, 6) is -0.627. The van der Waals surface area contributed by atoms with E-state index in [1.54, 1.807) is 6.08 Å². The van der Waals surface area contributed by atoms with Crippen LogP contribution in [0.2, 0.25) is 0 Å². The monoisotopic (exact) mass is 458 g/mol. The van der Waals surface area contributed by atoms with Crippen LogP contribution in [-0.4, -0.2) is 40.6 Å². The highest BCUT2D eigenvalue weighted by molar-refractivity contribution is 5.95. The van der Waals surface area contributed by atoms with E-state index in [4.69, 9.17) is 4.74 Å². The molecule has 0 bridgehead atoms. The number of Topliss-reactive ketones (excluding diaryl/α,β-unsaturated/α-hetero) is 2. The summed E-state index contributed by atoms with van der Waals surface area (Å²) >= 11 is 0. The van der Waals surface area contributed by atoms with Crippen LogP contribution in [0.25, 0.3) is 0 Å². The van der Waals surface area contributed by atoms with Gasteiger partial charge >= 0.3 is 5.97 Å². The van der Waals surface area contributed by atoms with Gasteiger partial charge in [-0.2, -0.15) is 0 Å². The van der Waals surface area contributed by atoms with Crippen molar-refractivity contribution in [3.63, 3.8) is 0 Å². The first-order valence-electron chi connectivity index (χ1n) is 12.7. The first-order chi connectivity index (χ1) is 15.6. The second kappa shape index (κ2) is 8.75. The molecule has 0 radical (unpaired) electrons. The van der Waals surface area contributed by atoms with Crippen LogP contribution >= 0.6 is 0 Å². The van der Waals surface area contributed by atoms with Gasteiger partial charge in [-0.15, -0.1) is 0 Å². The van der Waals surface area contributed by atoms with Gasteiger partial charge in [0.05, 0.1) is 0 Å². The van der Waals surface area contributed by atoms with Crippen LogP contribution < -0.4 is 0 Å². The summed E-state index contributed by atoms with van der Waals surface area (Å²) in [4.78, 5) is 50.8. The largest absolute Gasteiger partial charge is 0.458 e. The molecule has 4 rings (SSSR count). The van der Waals surface area contributed by atoms with E-state index in [-0.39, 0.29) is 47.6 Å². The average Bonchev–Trinajstić information content (AvgIpc) is 3.03. The minimum Gasteiger partial charge on any atom is -0.458 e. The molecule has 3 fully saturated rings. The van der Waals surface area contributed by atoms with Crippen molar-refractivity contribution in [1.82, 2.24) is 0 Å². The molecule has 0 aromatic carbocycles. The number of rotatable bonds is 7. The summed E-state index contributed by atoms with van der Waals surface area (Å²) in [6.45, 7) is 5.64. The Morgan fingerprint density at radius 1 is 1.12 bits per heavy atom. The van der Waals surface area contributed by atoms with Gasteiger partial charge in [-0.1, -0.05) is 39.2 Å². The predicted octanol–water partition coefficient (Wildman–Crippen LogP) is 4.12. The smallest absolute Gasteiger partial charge is 0.306 e. The molecule has 1 N–H and O–H groups in total. The van der Waals surface area contributed by atoms with Gasteiger partial charge in [0.25, 0.3) is 0 Å². The molecule has 6 atom stereocenters. The summed E-state index contributed by atoms with van der Waals surface area (Å²) in [5.41, 5.74) is -1.69. The fraction of sp³-hybridized carbons (Fsp3) is 0.778. The molecule has 0 saturated heterocycles. The molecule has 3 unspecified atom stereocenters. The Morgan fingerprint density at radius 3 is 2.61 bits per heavy atom. The van der Waals surface area contributed by atoms with Gasteiger partial charge in [0.15, 0.2) is 12.4 Å². The predicted molar refractivity (Wildman–Crippen MR) is 122 cm³/mol. The SMILES string of the molecule is CCCCCC(=O)OCC(=O)[C@@]1(O)CCC2C3CCC4=CC(=O)CC[C@]4(C)C3C(=O)C[C@@]21C. The Kier molecular flexibility index (Phi) is 6.45. The number of hydrogen-bond acceptors (Lipinski definition) is 6. The first-order valence-corrected chi connectivity index (χ1v) is 12.7. The van der Waals surface area contributed by atoms with E-state index in [0.29, 0.717) is 25.7 Å². The summed E-state index contributed by atoms with van der Waals surface area (Å²) in [6, 6.07) is 0. The van der Waals surface area contributed by atoms with Crippen molar-refractivity contribution < 1.29 is 29.0 Å². The van der Waals surface area contributed by atoms with Crippen molar-refractivity contribution in [2.45, 2.75) is 97.0 Å². The van der Waals surface area contributed by atoms with E-state index in [0.717, 1.165) is 37.7 Å². The number of ketones is 3. The van der Waals surface area contributed by atoms with Gasteiger partial charge in [0.2, 0.25) is 5.78 Å². The molecule has 4 aliphatic rings. The number of esters is 1. The van der Waals surface area contributed by atoms with E-state index >= 15 is 0 Å². The zero-order valence-electron chi connectivity index (χ0n) is 20.3. The van der Waals surface area contributed by atoms with Crippen LogP contribution in [0.3, 0.4) is 0 Å². The third kappa shape index (κ3) is 3.82. The van der Waals surface area contributed by atoms with Gasteiger partial charge in [-0.25, -0.2) is 0 Å². The zero-order valence-corrected chi connectivity index (χ0v) is 20.3. The van der Waals surface area contributed by atoms with Crippen molar-refractivity contribution in [2.75, 3.05) is 6.61 Å². The van der Waals surface area contributed by atoms with Gasteiger partial charge in [0.1, 0.15) is 11.4 Å². The summed E-state index contributed by atoms with van der Waals surface area (Å²) in [7, 11) is 0. The maximum absolute atomic E-state index is 13.6. The van der Waals surface area contributed by atoms with Crippen molar-refractivity contribution in [3.8, 4) is 0 Å². The fourth-order valence-corrected chi connectivity index (χ4v) is 7.70. The maximum Gasteiger partial charge on any atom is 0.306 e. The Morgan fingerprint density at radius 2 is 1.88 bits per heavy atom. The van der Waals surface area contributed by atoms with Gasteiger partial charge < -0.3 is 9.84 Å². The quantitative estimate of drug-likeness (QED) is 0.455. The highest BCUT2D eigenvalue weighted by Crippen LogP contribution is 2.66. The highest BCUT2D eigenvalue weighted by atomic mass is 16.5. The second-order valence-electron chi connectivity index (χ2n) is 11.3. The number of aliphatic hydroxyl groups is 1. The molecule has 33 heavy (non-hydrogen) atoms. The lowest BCUT2D eigenvalue weighted by Gasteiger charge is -2.57. The molecule has 0 aromatic rings. The standard InChI is InChI=1S/C27H38O6/c1-4-5-6-7-23(31)33-16-22(30)27(32)13-11-20-19-9-8-17-14-18(28)10-12-25(17,2)24(19)21(29)15-26(20,27)3/h14,19-20,24,32H,4-13,15-16H2,1-3H3/t19?,20?,24?,25-,26-,27-/m0/s1. The van der Waals surface area contributed by atoms with E-state index < -0.39 is 29.4 Å². The normalized spacial score (nSPS) is 39.9. The molecule has 0 heterocycles. The third-order valence-electron chi connectivity index (χ3n) is 9.62. The van der Waals surface area contributed by atoms with Crippen LogP contribution in [0.15, 0.2) is 11.6 Å². The first kappa shape index (κ1) is 24.3. The molecule has 0 aliphatic heterocycles. The van der Waals surface area contributed by atoms with Gasteiger partial charge in [-0.05, 0) is 61.9 Å². The zero-order chi connectivity index (χ0) is 24.0. The second-order valence-corrected chi connectivity index (χ2v) is 11.3. The van der Waals surface area contributed by atoms with Crippen molar-refractivity contribution in [1.29, 1.82) is 0 Å². The van der Waals surface area contributed by atoms with Crippen LogP contribution in [0, 0.1) is 28.6 Å². The van der Waals surface area contributed by atoms with Crippen LogP contribution in [0.1, 0.15) is 91.4 Å². The minimum atomic E-state index is -1.65. The molecule has 0 spiro atoms. The molecule has 3 saturated carbocycles. The number of carbonyl (C=O) groups is 4. The number of fused-ring (bicyclic) bond motifs is 5. The van der Waals surface area contributed by atoms with Crippen molar-refractivity contribution >= 4 is 23.3 Å². The van der Waals surface area contributed by atoms with Gasteiger partial charge in [0, 0.05) is 30.6 Å². The number of allylic oxidation sites excluding steroid dienone is 1. The van der Waals surface area contributed by atoms with E-state index in [9.17, 15) is 24.3 Å². The summed E-state index contributed by atoms with van der Waals surface area (Å²) in [6.07, 6.45) is 8.62. The molecule has 182 valence electrons. The maximum atomic E-state index is 13.6. The average molecular weight is 459 g/mol. The lowest BCUT2D eigenvalue weighted by atomic mass is 9.46. The topological polar surface area (TPSA) is 97.7 Å². The summed E-state index contributed by atoms with van der Waals surface area (Å²) in [5, 5.41) is 11.6. The van der Waals surface area contributed by atoms with E-state index in [1.807, 2.05) is 6.92 Å². The van der Waals surface area contributed by atoms with Crippen molar-refractivity contribution in [3.05, 3.63) is 11.6 Å². The van der Waals surface area contributed by atoms with E-state index in [2.05, 4.69) is 13.8 Å². The molecule has 0 aromatic heterocycles. The number of ether oxygens (including phenoxy) is 1. The Hall–Kier alpha value is -1.82.